The molecule has 2 fully saturated rings. The second kappa shape index (κ2) is 10.9. The summed E-state index contributed by atoms with van der Waals surface area (Å²) in [5.41, 5.74) is 2.13. The fourth-order valence-electron chi connectivity index (χ4n) is 6.13. The Kier molecular flexibility index (Phi) is 7.49. The topological polar surface area (TPSA) is 55.8 Å². The summed E-state index contributed by atoms with van der Waals surface area (Å²) in [5, 5.41) is 11.3. The maximum atomic E-state index is 13.7. The first-order valence-electron chi connectivity index (χ1n) is 12.8. The third kappa shape index (κ3) is 5.23. The van der Waals surface area contributed by atoms with E-state index in [1.54, 1.807) is 12.1 Å². The predicted octanol–water partition coefficient (Wildman–Crippen LogP) is 6.67. The van der Waals surface area contributed by atoms with Crippen LogP contribution < -0.4 is 0 Å². The van der Waals surface area contributed by atoms with Gasteiger partial charge in [-0.05, 0) is 71.7 Å². The van der Waals surface area contributed by atoms with Crippen molar-refractivity contribution < 1.29 is 23.8 Å². The number of rotatable bonds is 11. The number of ether oxygens (including phenoxy) is 2. The van der Waals surface area contributed by atoms with Crippen LogP contribution >= 0.6 is 0 Å². The number of halogens is 1. The van der Waals surface area contributed by atoms with Crippen molar-refractivity contribution in [2.45, 2.75) is 50.2 Å². The zero-order chi connectivity index (χ0) is 25.0. The molecule has 2 aliphatic rings. The van der Waals surface area contributed by atoms with Crippen LogP contribution in [0.15, 0.2) is 78.9 Å². The molecule has 1 aliphatic carbocycles. The fraction of sp³-hybridized carbons (Fsp3) is 0.387. The van der Waals surface area contributed by atoms with Crippen molar-refractivity contribution >= 4 is 16.7 Å². The Balaban J connectivity index is 1.28. The van der Waals surface area contributed by atoms with Crippen molar-refractivity contribution in [3.8, 4) is 0 Å². The number of hydrogen-bond acceptors (Lipinski definition) is 3. The van der Waals surface area contributed by atoms with Crippen molar-refractivity contribution in [2.24, 2.45) is 11.8 Å². The largest absolute Gasteiger partial charge is 0.481 e. The molecule has 0 unspecified atom stereocenters. The van der Waals surface area contributed by atoms with Crippen LogP contribution in [0.3, 0.4) is 0 Å². The highest BCUT2D eigenvalue weighted by Gasteiger charge is 2.59. The van der Waals surface area contributed by atoms with Crippen LogP contribution in [0.4, 0.5) is 4.39 Å². The lowest BCUT2D eigenvalue weighted by molar-refractivity contribution is -0.137. The summed E-state index contributed by atoms with van der Waals surface area (Å²) in [4.78, 5) is 10.8. The number of hydrogen-bond donors (Lipinski definition) is 1. The molecule has 0 spiro atoms. The van der Waals surface area contributed by atoms with Gasteiger partial charge in [-0.3, -0.25) is 4.79 Å². The Hall–Kier alpha value is -3.02. The van der Waals surface area contributed by atoms with E-state index in [0.29, 0.717) is 32.2 Å². The van der Waals surface area contributed by atoms with Gasteiger partial charge < -0.3 is 14.6 Å². The van der Waals surface area contributed by atoms with Crippen molar-refractivity contribution in [3.63, 3.8) is 0 Å². The second-order valence-corrected chi connectivity index (χ2v) is 10.2. The first kappa shape index (κ1) is 24.7. The quantitative estimate of drug-likeness (QED) is 0.242. The van der Waals surface area contributed by atoms with Crippen LogP contribution in [0, 0.1) is 17.7 Å². The average Bonchev–Trinajstić information content (AvgIpc) is 3.44. The average molecular weight is 489 g/mol. The van der Waals surface area contributed by atoms with E-state index in [0.717, 1.165) is 30.4 Å². The molecule has 1 N–H and O–H groups in total. The highest BCUT2D eigenvalue weighted by molar-refractivity contribution is 5.82. The number of benzene rings is 3. The maximum absolute atomic E-state index is 13.7. The van der Waals surface area contributed by atoms with Gasteiger partial charge in [0.2, 0.25) is 0 Å². The van der Waals surface area contributed by atoms with Gasteiger partial charge in [-0.2, -0.15) is 0 Å². The molecule has 4 nitrogen and oxygen atoms in total. The van der Waals surface area contributed by atoms with Gasteiger partial charge in [0, 0.05) is 17.8 Å². The molecule has 5 heteroatoms. The van der Waals surface area contributed by atoms with Crippen LogP contribution in [-0.2, 0) is 26.3 Å². The summed E-state index contributed by atoms with van der Waals surface area (Å²) in [6, 6.07) is 21.7. The maximum Gasteiger partial charge on any atom is 0.303 e. The molecule has 1 saturated heterocycles. The highest BCUT2D eigenvalue weighted by Crippen LogP contribution is 2.56. The van der Waals surface area contributed by atoms with E-state index >= 15 is 0 Å². The zero-order valence-corrected chi connectivity index (χ0v) is 20.4. The molecule has 188 valence electrons. The molecule has 3 aromatic rings. The van der Waals surface area contributed by atoms with Gasteiger partial charge in [0.05, 0.1) is 25.9 Å². The van der Waals surface area contributed by atoms with Gasteiger partial charge in [-0.1, -0.05) is 60.7 Å². The third-order valence-corrected chi connectivity index (χ3v) is 7.95. The monoisotopic (exact) mass is 488 g/mol. The summed E-state index contributed by atoms with van der Waals surface area (Å²) in [6.45, 7) is 1.80. The lowest BCUT2D eigenvalue weighted by Gasteiger charge is -2.39. The fourth-order valence-corrected chi connectivity index (χ4v) is 6.13. The van der Waals surface area contributed by atoms with Crippen molar-refractivity contribution in [1.29, 1.82) is 0 Å². The molecule has 0 radical (unpaired) electrons. The number of allylic oxidation sites excluding steroid dienone is 2. The zero-order valence-electron chi connectivity index (χ0n) is 20.4. The van der Waals surface area contributed by atoms with Crippen molar-refractivity contribution in [3.05, 3.63) is 95.8 Å². The summed E-state index contributed by atoms with van der Waals surface area (Å²) < 4.78 is 26.2. The van der Waals surface area contributed by atoms with Crippen LogP contribution in [0.5, 0.6) is 0 Å². The van der Waals surface area contributed by atoms with Crippen molar-refractivity contribution in [2.75, 3.05) is 13.2 Å². The highest BCUT2D eigenvalue weighted by atomic mass is 19.1. The lowest BCUT2D eigenvalue weighted by Crippen LogP contribution is -2.41. The minimum absolute atomic E-state index is 0.122. The standard InChI is InChI=1S/C31H33FO4/c32-26-15-13-25(14-16-26)31-18-29(36-21-31)27(28(31)9-3-1-2-4-10-30(33)34)20-35-19-22-11-12-23-7-5-6-8-24(23)17-22/h1,3,5-8,11-17,27-29H,2,4,9-10,18-21H2,(H,33,34)/t27-,28-,29-,31-/m0/s1. The molecule has 0 aromatic heterocycles. The van der Waals surface area contributed by atoms with E-state index in [1.165, 1.54) is 10.8 Å². The Morgan fingerprint density at radius 2 is 1.89 bits per heavy atom. The second-order valence-electron chi connectivity index (χ2n) is 10.2. The van der Waals surface area contributed by atoms with Gasteiger partial charge in [0.1, 0.15) is 5.82 Å². The lowest BCUT2D eigenvalue weighted by atomic mass is 9.69. The summed E-state index contributed by atoms with van der Waals surface area (Å²) >= 11 is 0. The third-order valence-electron chi connectivity index (χ3n) is 7.95. The molecule has 4 atom stereocenters. The molecular weight excluding hydrogens is 455 g/mol. The summed E-state index contributed by atoms with van der Waals surface area (Å²) in [6.07, 6.45) is 7.78. The van der Waals surface area contributed by atoms with E-state index < -0.39 is 5.97 Å². The molecule has 1 aliphatic heterocycles. The van der Waals surface area contributed by atoms with Crippen LogP contribution in [0.25, 0.3) is 10.8 Å². The van der Waals surface area contributed by atoms with Gasteiger partial charge in [0.25, 0.3) is 0 Å². The summed E-state index contributed by atoms with van der Waals surface area (Å²) in [5.74, 6) is -0.428. The number of carboxylic acid groups (broad SMARTS) is 1. The molecule has 5 rings (SSSR count). The van der Waals surface area contributed by atoms with Gasteiger partial charge in [-0.25, -0.2) is 4.39 Å². The minimum Gasteiger partial charge on any atom is -0.481 e. The molecular formula is C31H33FO4. The molecule has 2 bridgehead atoms. The van der Waals surface area contributed by atoms with Crippen LogP contribution in [0.1, 0.15) is 43.2 Å². The van der Waals surface area contributed by atoms with E-state index in [4.69, 9.17) is 14.6 Å². The Morgan fingerprint density at radius 1 is 1.08 bits per heavy atom. The van der Waals surface area contributed by atoms with E-state index in [2.05, 4.69) is 42.5 Å². The minimum atomic E-state index is -0.757. The first-order valence-corrected chi connectivity index (χ1v) is 12.8. The number of carbonyl (C=O) groups is 1. The molecule has 0 amide bonds. The predicted molar refractivity (Wildman–Crippen MR) is 138 cm³/mol. The molecule has 36 heavy (non-hydrogen) atoms. The number of carboxylic acids is 1. The number of fused-ring (bicyclic) bond motifs is 3. The molecule has 1 heterocycles. The van der Waals surface area contributed by atoms with Crippen molar-refractivity contribution in [1.82, 2.24) is 0 Å². The van der Waals surface area contributed by atoms with Gasteiger partial charge in [-0.15, -0.1) is 0 Å². The van der Waals surface area contributed by atoms with Crippen LogP contribution in [-0.4, -0.2) is 30.4 Å². The normalized spacial score (nSPS) is 25.2. The smallest absolute Gasteiger partial charge is 0.303 e. The molecule has 3 aromatic carbocycles. The SMILES string of the molecule is O=C(O)CCCC=CC[C@H]1[C@H](COCc2ccc3ccccc3c2)[C@@H]2C[C@@]1(c1ccc(F)cc1)CO2. The summed E-state index contributed by atoms with van der Waals surface area (Å²) in [7, 11) is 0. The van der Waals surface area contributed by atoms with E-state index in [-0.39, 0.29) is 29.7 Å². The van der Waals surface area contributed by atoms with Gasteiger partial charge >= 0.3 is 5.97 Å². The Morgan fingerprint density at radius 3 is 2.69 bits per heavy atom. The van der Waals surface area contributed by atoms with E-state index in [1.807, 2.05) is 24.3 Å². The van der Waals surface area contributed by atoms with E-state index in [9.17, 15) is 9.18 Å². The van der Waals surface area contributed by atoms with Gasteiger partial charge in [0.15, 0.2) is 0 Å². The number of unbranched alkanes of at least 4 members (excludes halogenated alkanes) is 1. The Labute approximate surface area is 211 Å². The molecule has 1 saturated carbocycles. The van der Waals surface area contributed by atoms with Crippen LogP contribution in [0.2, 0.25) is 0 Å². The Bertz CT molecular complexity index is 1220. The number of aliphatic carboxylic acids is 1. The first-order chi connectivity index (χ1) is 17.5.